The molecule has 0 saturated heterocycles. The molecule has 0 fully saturated rings. The van der Waals surface area contributed by atoms with Gasteiger partial charge in [0.15, 0.2) is 0 Å². The van der Waals surface area contributed by atoms with Crippen molar-refractivity contribution in [1.29, 1.82) is 0 Å². The Balaban J connectivity index is 2.87. The standard InChI is InChI=1S/C14H23O2P/c1-3-5-10-13(9-4-2)17(15,16)14-11-7-6-8-12-14/h6-8,11-13H,3-5,9-10H2,1-2H3,(H,15,16). The molecule has 2 atom stereocenters. The van der Waals surface area contributed by atoms with Crippen molar-refractivity contribution in [2.45, 2.75) is 51.6 Å². The molecule has 0 aliphatic carbocycles. The highest BCUT2D eigenvalue weighted by atomic mass is 31.2. The van der Waals surface area contributed by atoms with Crippen molar-refractivity contribution in [3.05, 3.63) is 30.3 Å². The maximum absolute atomic E-state index is 12.6. The zero-order chi connectivity index (χ0) is 12.7. The first kappa shape index (κ1) is 14.5. The summed E-state index contributed by atoms with van der Waals surface area (Å²) < 4.78 is 12.6. The van der Waals surface area contributed by atoms with Crippen LogP contribution >= 0.6 is 7.37 Å². The third kappa shape index (κ3) is 3.97. The average molecular weight is 254 g/mol. The molecule has 0 saturated carbocycles. The molecule has 1 aromatic rings. The van der Waals surface area contributed by atoms with E-state index in [0.29, 0.717) is 5.30 Å². The van der Waals surface area contributed by atoms with E-state index in [2.05, 4.69) is 13.8 Å². The molecule has 0 aromatic heterocycles. The Labute approximate surface area is 105 Å². The second kappa shape index (κ2) is 6.98. The molecule has 0 bridgehead atoms. The number of rotatable bonds is 7. The van der Waals surface area contributed by atoms with Crippen molar-refractivity contribution in [3.63, 3.8) is 0 Å². The molecule has 0 aliphatic rings. The Morgan fingerprint density at radius 1 is 1.12 bits per heavy atom. The van der Waals surface area contributed by atoms with Gasteiger partial charge in [0.05, 0.1) is 0 Å². The maximum Gasteiger partial charge on any atom is 0.232 e. The fraction of sp³-hybridized carbons (Fsp3) is 0.571. The molecule has 1 aromatic carbocycles. The Kier molecular flexibility index (Phi) is 5.94. The van der Waals surface area contributed by atoms with E-state index in [1.807, 2.05) is 18.2 Å². The number of benzene rings is 1. The average Bonchev–Trinajstić information content (AvgIpc) is 2.35. The molecule has 0 heterocycles. The highest BCUT2D eigenvalue weighted by Gasteiger charge is 2.31. The minimum Gasteiger partial charge on any atom is -0.341 e. The van der Waals surface area contributed by atoms with Gasteiger partial charge in [-0.25, -0.2) is 0 Å². The van der Waals surface area contributed by atoms with Crippen molar-refractivity contribution in [3.8, 4) is 0 Å². The van der Waals surface area contributed by atoms with Crippen molar-refractivity contribution >= 4 is 12.7 Å². The van der Waals surface area contributed by atoms with Gasteiger partial charge in [-0.15, -0.1) is 0 Å². The van der Waals surface area contributed by atoms with Crippen LogP contribution < -0.4 is 5.30 Å². The largest absolute Gasteiger partial charge is 0.341 e. The van der Waals surface area contributed by atoms with E-state index in [9.17, 15) is 9.46 Å². The Morgan fingerprint density at radius 2 is 1.76 bits per heavy atom. The van der Waals surface area contributed by atoms with Crippen LogP contribution in [0.15, 0.2) is 30.3 Å². The van der Waals surface area contributed by atoms with Crippen LogP contribution in [-0.2, 0) is 4.57 Å². The smallest absolute Gasteiger partial charge is 0.232 e. The van der Waals surface area contributed by atoms with Gasteiger partial charge in [0.25, 0.3) is 0 Å². The molecule has 96 valence electrons. The highest BCUT2D eigenvalue weighted by Crippen LogP contribution is 2.49. The fourth-order valence-electron chi connectivity index (χ4n) is 2.12. The van der Waals surface area contributed by atoms with Crippen molar-refractivity contribution in [2.24, 2.45) is 0 Å². The molecule has 17 heavy (non-hydrogen) atoms. The summed E-state index contributed by atoms with van der Waals surface area (Å²) in [5.74, 6) is 0. The second-order valence-electron chi connectivity index (χ2n) is 4.54. The third-order valence-corrected chi connectivity index (χ3v) is 5.68. The van der Waals surface area contributed by atoms with Crippen molar-refractivity contribution in [1.82, 2.24) is 0 Å². The highest BCUT2D eigenvalue weighted by molar-refractivity contribution is 7.66. The van der Waals surface area contributed by atoms with E-state index >= 15 is 0 Å². The van der Waals surface area contributed by atoms with Gasteiger partial charge in [-0.3, -0.25) is 4.57 Å². The summed E-state index contributed by atoms with van der Waals surface area (Å²) in [6.45, 7) is 4.19. The van der Waals surface area contributed by atoms with Crippen LogP contribution in [0, 0.1) is 0 Å². The van der Waals surface area contributed by atoms with E-state index in [-0.39, 0.29) is 5.66 Å². The molecule has 0 radical (unpaired) electrons. The minimum absolute atomic E-state index is 0.0742. The van der Waals surface area contributed by atoms with Crippen LogP contribution in [0.5, 0.6) is 0 Å². The Bertz CT molecular complexity index is 362. The van der Waals surface area contributed by atoms with E-state index in [4.69, 9.17) is 0 Å². The normalized spacial score (nSPS) is 16.4. The molecule has 0 spiro atoms. The van der Waals surface area contributed by atoms with E-state index in [1.165, 1.54) is 0 Å². The second-order valence-corrected chi connectivity index (χ2v) is 7.04. The lowest BCUT2D eigenvalue weighted by Crippen LogP contribution is -2.17. The lowest BCUT2D eigenvalue weighted by atomic mass is 10.1. The predicted octanol–water partition coefficient (Wildman–Crippen LogP) is 3.94. The summed E-state index contributed by atoms with van der Waals surface area (Å²) in [5, 5.41) is 0.606. The molecule has 3 heteroatoms. The molecule has 1 rings (SSSR count). The first-order valence-corrected chi connectivity index (χ1v) is 8.23. The minimum atomic E-state index is -3.20. The topological polar surface area (TPSA) is 37.3 Å². The molecular formula is C14H23O2P. The number of hydrogen-bond acceptors (Lipinski definition) is 1. The first-order valence-electron chi connectivity index (χ1n) is 6.51. The maximum atomic E-state index is 12.6. The summed E-state index contributed by atoms with van der Waals surface area (Å²) in [7, 11) is -3.20. The lowest BCUT2D eigenvalue weighted by Gasteiger charge is -2.22. The van der Waals surface area contributed by atoms with E-state index in [0.717, 1.165) is 32.1 Å². The Hall–Kier alpha value is -0.590. The van der Waals surface area contributed by atoms with Crippen LogP contribution in [0.25, 0.3) is 0 Å². The third-order valence-electron chi connectivity index (χ3n) is 3.13. The van der Waals surface area contributed by atoms with Gasteiger partial charge in [-0.1, -0.05) is 51.3 Å². The summed E-state index contributed by atoms with van der Waals surface area (Å²) >= 11 is 0. The van der Waals surface area contributed by atoms with Gasteiger partial charge in [0, 0.05) is 11.0 Å². The van der Waals surface area contributed by atoms with Crippen LogP contribution in [0.4, 0.5) is 0 Å². The first-order chi connectivity index (χ1) is 8.12. The molecule has 2 unspecified atom stereocenters. The summed E-state index contributed by atoms with van der Waals surface area (Å²) in [6, 6.07) is 9.09. The molecule has 0 aliphatic heterocycles. The van der Waals surface area contributed by atoms with E-state index < -0.39 is 7.37 Å². The summed E-state index contributed by atoms with van der Waals surface area (Å²) in [4.78, 5) is 10.4. The monoisotopic (exact) mass is 254 g/mol. The van der Waals surface area contributed by atoms with Crippen LogP contribution in [0.1, 0.15) is 46.0 Å². The van der Waals surface area contributed by atoms with Gasteiger partial charge >= 0.3 is 0 Å². The number of hydrogen-bond donors (Lipinski definition) is 1. The molecule has 1 N–H and O–H groups in total. The summed E-state index contributed by atoms with van der Waals surface area (Å²) in [5.41, 5.74) is -0.0742. The predicted molar refractivity (Wildman–Crippen MR) is 74.1 cm³/mol. The van der Waals surface area contributed by atoms with Gasteiger partial charge < -0.3 is 4.89 Å². The van der Waals surface area contributed by atoms with Crippen molar-refractivity contribution < 1.29 is 9.46 Å². The Morgan fingerprint density at radius 3 is 2.29 bits per heavy atom. The molecular weight excluding hydrogens is 231 g/mol. The number of unbranched alkanes of at least 4 members (excludes halogenated alkanes) is 1. The van der Waals surface area contributed by atoms with Gasteiger partial charge in [0.2, 0.25) is 7.37 Å². The zero-order valence-corrected chi connectivity index (χ0v) is 11.7. The van der Waals surface area contributed by atoms with Crippen LogP contribution in [0.3, 0.4) is 0 Å². The SMILES string of the molecule is CCCCC(CCC)P(=O)(O)c1ccccc1. The molecule has 2 nitrogen and oxygen atoms in total. The summed E-state index contributed by atoms with van der Waals surface area (Å²) in [6.07, 6.45) is 4.76. The molecule has 0 amide bonds. The van der Waals surface area contributed by atoms with E-state index in [1.54, 1.807) is 12.1 Å². The van der Waals surface area contributed by atoms with Gasteiger partial charge in [-0.2, -0.15) is 0 Å². The van der Waals surface area contributed by atoms with Crippen LogP contribution in [0.2, 0.25) is 0 Å². The van der Waals surface area contributed by atoms with Gasteiger partial charge in [-0.05, 0) is 25.0 Å². The fourth-order valence-corrected chi connectivity index (χ4v) is 4.28. The van der Waals surface area contributed by atoms with Crippen molar-refractivity contribution in [2.75, 3.05) is 0 Å². The quantitative estimate of drug-likeness (QED) is 0.748. The van der Waals surface area contributed by atoms with Crippen LogP contribution in [-0.4, -0.2) is 10.6 Å². The van der Waals surface area contributed by atoms with Gasteiger partial charge in [0.1, 0.15) is 0 Å². The lowest BCUT2D eigenvalue weighted by molar-refractivity contribution is 0.458. The zero-order valence-electron chi connectivity index (χ0n) is 10.8.